The molecule has 3 aromatic rings. The van der Waals surface area contributed by atoms with Gasteiger partial charge in [-0.2, -0.15) is 0 Å². The summed E-state index contributed by atoms with van der Waals surface area (Å²) in [6.07, 6.45) is 3.15. The number of fused-ring (bicyclic) bond motifs is 1. The summed E-state index contributed by atoms with van der Waals surface area (Å²) in [5, 5.41) is 2.58. The summed E-state index contributed by atoms with van der Waals surface area (Å²) in [6, 6.07) is 19.1. The van der Waals surface area contributed by atoms with Crippen molar-refractivity contribution in [1.29, 1.82) is 0 Å². The molecule has 22 heavy (non-hydrogen) atoms. The van der Waals surface area contributed by atoms with E-state index in [0.717, 1.165) is 36.5 Å². The zero-order valence-corrected chi connectivity index (χ0v) is 13.6. The Kier molecular flexibility index (Phi) is 4.74. The van der Waals surface area contributed by atoms with Crippen LogP contribution in [0.5, 0.6) is 0 Å². The van der Waals surface area contributed by atoms with Crippen LogP contribution in [-0.4, -0.2) is 10.9 Å². The molecule has 2 heteroatoms. The fourth-order valence-corrected chi connectivity index (χ4v) is 3.16. The Morgan fingerprint density at radius 2 is 1.55 bits per heavy atom. The number of nitrogens with zero attached hydrogens (tertiary/aromatic N) is 1. The minimum Gasteiger partial charge on any atom is -0.252 e. The van der Waals surface area contributed by atoms with Crippen molar-refractivity contribution in [3.05, 3.63) is 65.9 Å². The lowest BCUT2D eigenvalue weighted by atomic mass is 9.95. The molecule has 0 N–H and O–H groups in total. The number of unbranched alkanes of at least 4 members (excludes halogenated alkanes) is 1. The molecule has 0 bridgehead atoms. The standard InChI is InChI=1S/C20H20ClN/c1-15-17-11-5-6-12-18(17)19(13-7-8-14-21)20(22-15)16-9-3-2-4-10-16/h2-6,9-12H,7-8,13-14H2,1H3. The molecular formula is C20H20ClN. The van der Waals surface area contributed by atoms with Crippen LogP contribution in [0.4, 0.5) is 0 Å². The van der Waals surface area contributed by atoms with E-state index in [4.69, 9.17) is 16.6 Å². The lowest BCUT2D eigenvalue weighted by Crippen LogP contribution is -1.99. The highest BCUT2D eigenvalue weighted by molar-refractivity contribution is 6.17. The topological polar surface area (TPSA) is 12.9 Å². The lowest BCUT2D eigenvalue weighted by Gasteiger charge is -2.14. The van der Waals surface area contributed by atoms with E-state index in [0.29, 0.717) is 0 Å². The summed E-state index contributed by atoms with van der Waals surface area (Å²) in [7, 11) is 0. The average molecular weight is 310 g/mol. The molecule has 112 valence electrons. The highest BCUT2D eigenvalue weighted by Crippen LogP contribution is 2.31. The summed E-state index contributed by atoms with van der Waals surface area (Å²) in [5.41, 5.74) is 4.75. The third-order valence-electron chi connectivity index (χ3n) is 4.06. The number of aryl methyl sites for hydroxylation is 2. The van der Waals surface area contributed by atoms with Crippen LogP contribution in [-0.2, 0) is 6.42 Å². The SMILES string of the molecule is Cc1nc(-c2ccccc2)c(CCCCCl)c2ccccc12. The van der Waals surface area contributed by atoms with Crippen molar-refractivity contribution in [2.45, 2.75) is 26.2 Å². The highest BCUT2D eigenvalue weighted by Gasteiger charge is 2.13. The number of benzene rings is 2. The maximum absolute atomic E-state index is 5.85. The van der Waals surface area contributed by atoms with Crippen molar-refractivity contribution < 1.29 is 0 Å². The van der Waals surface area contributed by atoms with E-state index in [9.17, 15) is 0 Å². The van der Waals surface area contributed by atoms with Crippen LogP contribution in [0.25, 0.3) is 22.0 Å². The van der Waals surface area contributed by atoms with Crippen molar-refractivity contribution in [3.63, 3.8) is 0 Å². The first-order valence-corrected chi connectivity index (χ1v) is 8.34. The molecular weight excluding hydrogens is 290 g/mol. The summed E-state index contributed by atoms with van der Waals surface area (Å²) in [6.45, 7) is 2.09. The van der Waals surface area contributed by atoms with Gasteiger partial charge in [0.05, 0.1) is 5.69 Å². The van der Waals surface area contributed by atoms with E-state index in [1.54, 1.807) is 0 Å². The molecule has 0 aliphatic rings. The second-order valence-corrected chi connectivity index (χ2v) is 5.96. The third kappa shape index (κ3) is 3.00. The monoisotopic (exact) mass is 309 g/mol. The van der Waals surface area contributed by atoms with Gasteiger partial charge in [0.1, 0.15) is 0 Å². The molecule has 3 rings (SSSR count). The molecule has 1 nitrogen and oxygen atoms in total. The summed E-state index contributed by atoms with van der Waals surface area (Å²) in [5.74, 6) is 0.720. The predicted octanol–water partition coefficient (Wildman–Crippen LogP) is 5.77. The van der Waals surface area contributed by atoms with Crippen molar-refractivity contribution in [3.8, 4) is 11.3 Å². The molecule has 0 fully saturated rings. The van der Waals surface area contributed by atoms with E-state index in [1.807, 2.05) is 6.07 Å². The Hall–Kier alpha value is -1.86. The maximum Gasteiger partial charge on any atom is 0.0743 e. The van der Waals surface area contributed by atoms with E-state index in [1.165, 1.54) is 21.9 Å². The smallest absolute Gasteiger partial charge is 0.0743 e. The lowest BCUT2D eigenvalue weighted by molar-refractivity contribution is 0.802. The Balaban J connectivity index is 2.19. The second-order valence-electron chi connectivity index (χ2n) is 5.58. The Morgan fingerprint density at radius 1 is 0.864 bits per heavy atom. The van der Waals surface area contributed by atoms with E-state index in [2.05, 4.69) is 55.5 Å². The van der Waals surface area contributed by atoms with Crippen LogP contribution in [0, 0.1) is 6.92 Å². The minimum absolute atomic E-state index is 0.720. The molecule has 0 unspecified atom stereocenters. The van der Waals surface area contributed by atoms with E-state index in [-0.39, 0.29) is 0 Å². The molecule has 0 saturated heterocycles. The second kappa shape index (κ2) is 6.93. The molecule has 0 aliphatic heterocycles. The molecule has 0 atom stereocenters. The number of pyridine rings is 1. The molecule has 2 aromatic carbocycles. The van der Waals surface area contributed by atoms with Gasteiger partial charge in [-0.25, -0.2) is 0 Å². The van der Waals surface area contributed by atoms with Gasteiger partial charge in [0.15, 0.2) is 0 Å². The molecule has 1 aromatic heterocycles. The van der Waals surface area contributed by atoms with Crippen LogP contribution in [0.2, 0.25) is 0 Å². The van der Waals surface area contributed by atoms with Crippen molar-refractivity contribution in [1.82, 2.24) is 4.98 Å². The minimum atomic E-state index is 0.720. The molecule has 0 amide bonds. The van der Waals surface area contributed by atoms with Gasteiger partial charge in [0, 0.05) is 22.5 Å². The summed E-state index contributed by atoms with van der Waals surface area (Å²) in [4.78, 5) is 4.92. The van der Waals surface area contributed by atoms with Gasteiger partial charge in [-0.3, -0.25) is 4.98 Å². The first-order valence-electron chi connectivity index (χ1n) is 7.81. The van der Waals surface area contributed by atoms with Crippen LogP contribution in [0.3, 0.4) is 0 Å². The summed E-state index contributed by atoms with van der Waals surface area (Å²) >= 11 is 5.85. The molecule has 0 spiro atoms. The third-order valence-corrected chi connectivity index (χ3v) is 4.33. The van der Waals surface area contributed by atoms with Gasteiger partial charge in [0.2, 0.25) is 0 Å². The fraction of sp³-hybridized carbons (Fsp3) is 0.250. The largest absolute Gasteiger partial charge is 0.252 e. The highest BCUT2D eigenvalue weighted by atomic mass is 35.5. The first kappa shape index (κ1) is 15.1. The molecule has 0 saturated carbocycles. The van der Waals surface area contributed by atoms with Gasteiger partial charge in [-0.05, 0) is 37.1 Å². The molecule has 0 aliphatic carbocycles. The Bertz CT molecular complexity index is 765. The average Bonchev–Trinajstić information content (AvgIpc) is 2.58. The molecule has 1 heterocycles. The number of alkyl halides is 1. The van der Waals surface area contributed by atoms with Gasteiger partial charge in [-0.15, -0.1) is 11.6 Å². The van der Waals surface area contributed by atoms with Gasteiger partial charge < -0.3 is 0 Å². The summed E-state index contributed by atoms with van der Waals surface area (Å²) < 4.78 is 0. The number of hydrogen-bond acceptors (Lipinski definition) is 1. The maximum atomic E-state index is 5.85. The van der Waals surface area contributed by atoms with Gasteiger partial charge in [-0.1, -0.05) is 54.6 Å². The Morgan fingerprint density at radius 3 is 2.27 bits per heavy atom. The zero-order valence-electron chi connectivity index (χ0n) is 12.8. The van der Waals surface area contributed by atoms with Crippen molar-refractivity contribution in [2.75, 3.05) is 5.88 Å². The van der Waals surface area contributed by atoms with Gasteiger partial charge >= 0.3 is 0 Å². The van der Waals surface area contributed by atoms with Crippen LogP contribution in [0.15, 0.2) is 54.6 Å². The van der Waals surface area contributed by atoms with Gasteiger partial charge in [0.25, 0.3) is 0 Å². The van der Waals surface area contributed by atoms with Crippen LogP contribution >= 0.6 is 11.6 Å². The normalized spacial score (nSPS) is 11.0. The number of rotatable bonds is 5. The quantitative estimate of drug-likeness (QED) is 0.430. The zero-order chi connectivity index (χ0) is 15.4. The number of aromatic nitrogens is 1. The fourth-order valence-electron chi connectivity index (χ4n) is 2.97. The van der Waals surface area contributed by atoms with Crippen molar-refractivity contribution >= 4 is 22.4 Å². The number of hydrogen-bond donors (Lipinski definition) is 0. The number of halogens is 1. The predicted molar refractivity (Wildman–Crippen MR) is 95.6 cm³/mol. The first-order chi connectivity index (χ1) is 10.8. The molecule has 0 radical (unpaired) electrons. The van der Waals surface area contributed by atoms with Crippen LogP contribution < -0.4 is 0 Å². The Labute approximate surface area is 137 Å². The van der Waals surface area contributed by atoms with E-state index >= 15 is 0 Å². The van der Waals surface area contributed by atoms with Crippen LogP contribution in [0.1, 0.15) is 24.1 Å². The van der Waals surface area contributed by atoms with E-state index < -0.39 is 0 Å². The van der Waals surface area contributed by atoms with Crippen molar-refractivity contribution in [2.24, 2.45) is 0 Å².